The average Bonchev–Trinajstić information content (AvgIpc) is 3.27. The van der Waals surface area contributed by atoms with Crippen molar-refractivity contribution < 1.29 is 13.9 Å². The Balaban J connectivity index is 1.54. The van der Waals surface area contributed by atoms with Gasteiger partial charge in [-0.1, -0.05) is 47.6 Å². The Hall–Kier alpha value is -3.36. The Kier molecular flexibility index (Phi) is 7.26. The van der Waals surface area contributed by atoms with Gasteiger partial charge in [-0.15, -0.1) is 10.2 Å². The van der Waals surface area contributed by atoms with Gasteiger partial charge in [-0.25, -0.2) is 4.39 Å². The fourth-order valence-corrected chi connectivity index (χ4v) is 4.03. The minimum absolute atomic E-state index is 0.144. The molecule has 1 heterocycles. The van der Waals surface area contributed by atoms with Crippen molar-refractivity contribution >= 4 is 29.3 Å². The predicted octanol–water partition coefficient (Wildman–Crippen LogP) is 5.14. The first-order chi connectivity index (χ1) is 16.0. The minimum Gasteiger partial charge on any atom is -0.497 e. The molecular weight excluding hydrogens is 463 g/mol. The Morgan fingerprint density at radius 2 is 1.85 bits per heavy atom. The van der Waals surface area contributed by atoms with Crippen LogP contribution in [0.3, 0.4) is 0 Å². The van der Waals surface area contributed by atoms with Crippen molar-refractivity contribution in [1.29, 1.82) is 0 Å². The van der Waals surface area contributed by atoms with Crippen LogP contribution in [0.25, 0.3) is 17.1 Å². The molecule has 6 nitrogen and oxygen atoms in total. The molecule has 0 saturated heterocycles. The van der Waals surface area contributed by atoms with Gasteiger partial charge >= 0.3 is 0 Å². The lowest BCUT2D eigenvalue weighted by Gasteiger charge is -2.11. The molecule has 0 radical (unpaired) electrons. The first-order valence-electron chi connectivity index (χ1n) is 10.0. The predicted molar refractivity (Wildman–Crippen MR) is 127 cm³/mol. The highest BCUT2D eigenvalue weighted by Gasteiger charge is 2.18. The molecule has 9 heteroatoms. The Morgan fingerprint density at radius 1 is 1.09 bits per heavy atom. The van der Waals surface area contributed by atoms with E-state index in [4.69, 9.17) is 16.3 Å². The molecule has 0 unspecified atom stereocenters. The fraction of sp³-hybridized carbons (Fsp3) is 0.125. The van der Waals surface area contributed by atoms with E-state index in [1.807, 2.05) is 41.0 Å². The van der Waals surface area contributed by atoms with Gasteiger partial charge in [-0.2, -0.15) is 0 Å². The summed E-state index contributed by atoms with van der Waals surface area (Å²) in [6.07, 6.45) is 0. The number of halogens is 2. The summed E-state index contributed by atoms with van der Waals surface area (Å²) >= 11 is 7.34. The second-order valence-corrected chi connectivity index (χ2v) is 8.42. The second-order valence-electron chi connectivity index (χ2n) is 7.04. The van der Waals surface area contributed by atoms with Gasteiger partial charge in [0, 0.05) is 22.8 Å². The van der Waals surface area contributed by atoms with Gasteiger partial charge in [0.2, 0.25) is 5.91 Å². The molecule has 1 aromatic heterocycles. The number of thioether (sulfide) groups is 1. The summed E-state index contributed by atoms with van der Waals surface area (Å²) in [7, 11) is 1.61. The highest BCUT2D eigenvalue weighted by molar-refractivity contribution is 7.99. The van der Waals surface area contributed by atoms with Crippen LogP contribution in [0, 0.1) is 5.82 Å². The number of aromatic nitrogens is 3. The molecule has 0 aliphatic carbocycles. The Bertz CT molecular complexity index is 1250. The van der Waals surface area contributed by atoms with Crippen molar-refractivity contribution in [2.24, 2.45) is 0 Å². The lowest BCUT2D eigenvalue weighted by molar-refractivity contribution is -0.118. The smallest absolute Gasteiger partial charge is 0.230 e. The summed E-state index contributed by atoms with van der Waals surface area (Å²) in [5.41, 5.74) is 2.46. The van der Waals surface area contributed by atoms with Crippen molar-refractivity contribution in [1.82, 2.24) is 20.1 Å². The lowest BCUT2D eigenvalue weighted by atomic mass is 10.2. The lowest BCUT2D eigenvalue weighted by Crippen LogP contribution is -2.24. The number of carbonyl (C=O) groups is 1. The fourth-order valence-electron chi connectivity index (χ4n) is 3.12. The van der Waals surface area contributed by atoms with Gasteiger partial charge < -0.3 is 10.1 Å². The van der Waals surface area contributed by atoms with Crippen molar-refractivity contribution in [2.45, 2.75) is 11.7 Å². The molecule has 0 saturated carbocycles. The van der Waals surface area contributed by atoms with E-state index < -0.39 is 0 Å². The SMILES string of the molecule is COc1cccc(-c2nnc(SCC(=O)NCc3ccc(F)cc3)n2-c2ccc(Cl)cc2)c1. The van der Waals surface area contributed by atoms with Crippen molar-refractivity contribution in [2.75, 3.05) is 12.9 Å². The molecule has 0 bridgehead atoms. The molecule has 33 heavy (non-hydrogen) atoms. The minimum atomic E-state index is -0.311. The van der Waals surface area contributed by atoms with Crippen LogP contribution < -0.4 is 10.1 Å². The number of ether oxygens (including phenoxy) is 1. The van der Waals surface area contributed by atoms with Crippen LogP contribution in [-0.4, -0.2) is 33.5 Å². The van der Waals surface area contributed by atoms with E-state index >= 15 is 0 Å². The third-order valence-electron chi connectivity index (χ3n) is 4.78. The first kappa shape index (κ1) is 22.8. The Morgan fingerprint density at radius 3 is 2.58 bits per heavy atom. The zero-order chi connectivity index (χ0) is 23.2. The van der Waals surface area contributed by atoms with E-state index in [0.29, 0.717) is 28.3 Å². The molecular formula is C24H20ClFN4O2S. The molecule has 168 valence electrons. The number of benzene rings is 3. The first-order valence-corrected chi connectivity index (χ1v) is 11.4. The molecule has 0 aliphatic heterocycles. The monoisotopic (exact) mass is 482 g/mol. The van der Waals surface area contributed by atoms with Gasteiger partial charge in [0.15, 0.2) is 11.0 Å². The number of hydrogen-bond acceptors (Lipinski definition) is 5. The number of amides is 1. The normalized spacial score (nSPS) is 10.8. The summed E-state index contributed by atoms with van der Waals surface area (Å²) in [6, 6.07) is 20.9. The zero-order valence-electron chi connectivity index (χ0n) is 17.7. The van der Waals surface area contributed by atoms with Gasteiger partial charge in [0.25, 0.3) is 0 Å². The van der Waals surface area contributed by atoms with Crippen LogP contribution in [0.2, 0.25) is 5.02 Å². The van der Waals surface area contributed by atoms with Gasteiger partial charge in [-0.3, -0.25) is 9.36 Å². The van der Waals surface area contributed by atoms with Crippen LogP contribution in [0.5, 0.6) is 5.75 Å². The van der Waals surface area contributed by atoms with Gasteiger partial charge in [-0.05, 0) is 54.1 Å². The molecule has 0 aliphatic rings. The third-order valence-corrected chi connectivity index (χ3v) is 5.96. The molecule has 0 spiro atoms. The van der Waals surface area contributed by atoms with Gasteiger partial charge in [0.1, 0.15) is 11.6 Å². The van der Waals surface area contributed by atoms with Crippen molar-refractivity contribution in [3.05, 3.63) is 89.2 Å². The van der Waals surface area contributed by atoms with Crippen LogP contribution in [0.1, 0.15) is 5.56 Å². The molecule has 1 amide bonds. The highest BCUT2D eigenvalue weighted by Crippen LogP contribution is 2.30. The van der Waals surface area contributed by atoms with Gasteiger partial charge in [0.05, 0.1) is 12.9 Å². The second kappa shape index (κ2) is 10.5. The molecule has 4 rings (SSSR count). The summed E-state index contributed by atoms with van der Waals surface area (Å²) in [6.45, 7) is 0.318. The van der Waals surface area contributed by atoms with E-state index in [-0.39, 0.29) is 17.5 Å². The topological polar surface area (TPSA) is 69.0 Å². The van der Waals surface area contributed by atoms with Crippen LogP contribution in [0.4, 0.5) is 4.39 Å². The number of hydrogen-bond donors (Lipinski definition) is 1. The van der Waals surface area contributed by atoms with E-state index in [0.717, 1.165) is 16.8 Å². The zero-order valence-corrected chi connectivity index (χ0v) is 19.2. The van der Waals surface area contributed by atoms with Crippen LogP contribution in [-0.2, 0) is 11.3 Å². The largest absolute Gasteiger partial charge is 0.497 e. The standard InChI is InChI=1S/C24H20ClFN4O2S/c1-32-21-4-2-3-17(13-21)23-28-29-24(30(23)20-11-7-18(25)8-12-20)33-15-22(31)27-14-16-5-9-19(26)10-6-16/h2-13H,14-15H2,1H3,(H,27,31). The van der Waals surface area contributed by atoms with E-state index in [1.165, 1.54) is 23.9 Å². The van der Waals surface area contributed by atoms with Crippen molar-refractivity contribution in [3.8, 4) is 22.8 Å². The molecule has 0 fully saturated rings. The molecule has 1 N–H and O–H groups in total. The number of nitrogens with zero attached hydrogens (tertiary/aromatic N) is 3. The molecule has 0 atom stereocenters. The molecule has 3 aromatic carbocycles. The maximum Gasteiger partial charge on any atom is 0.230 e. The van der Waals surface area contributed by atoms with Crippen LogP contribution >= 0.6 is 23.4 Å². The summed E-state index contributed by atoms with van der Waals surface area (Å²) in [4.78, 5) is 12.4. The number of methoxy groups -OCH3 is 1. The number of rotatable bonds is 8. The average molecular weight is 483 g/mol. The summed E-state index contributed by atoms with van der Waals surface area (Å²) in [5, 5.41) is 12.7. The Labute approximate surface area is 199 Å². The third kappa shape index (κ3) is 5.71. The van der Waals surface area contributed by atoms with E-state index in [1.54, 1.807) is 31.4 Å². The quantitative estimate of drug-likeness (QED) is 0.352. The van der Waals surface area contributed by atoms with Crippen LogP contribution in [0.15, 0.2) is 78.0 Å². The summed E-state index contributed by atoms with van der Waals surface area (Å²) < 4.78 is 20.3. The number of nitrogens with one attached hydrogen (secondary N) is 1. The van der Waals surface area contributed by atoms with E-state index in [9.17, 15) is 9.18 Å². The molecule has 4 aromatic rings. The maximum absolute atomic E-state index is 13.0. The highest BCUT2D eigenvalue weighted by atomic mass is 35.5. The number of carbonyl (C=O) groups excluding carboxylic acids is 1. The maximum atomic E-state index is 13.0. The van der Waals surface area contributed by atoms with Crippen molar-refractivity contribution in [3.63, 3.8) is 0 Å². The summed E-state index contributed by atoms with van der Waals surface area (Å²) in [5.74, 6) is 0.982. The van der Waals surface area contributed by atoms with E-state index in [2.05, 4.69) is 15.5 Å².